The highest BCUT2D eigenvalue weighted by molar-refractivity contribution is 6.30. The molecule has 1 unspecified atom stereocenters. The predicted molar refractivity (Wildman–Crippen MR) is 97.9 cm³/mol. The minimum Gasteiger partial charge on any atom is -0.384 e. The summed E-state index contributed by atoms with van der Waals surface area (Å²) in [6, 6.07) is 10.4. The van der Waals surface area contributed by atoms with E-state index < -0.39 is 0 Å². The Morgan fingerprint density at radius 1 is 1.29 bits per heavy atom. The molecule has 24 heavy (non-hydrogen) atoms. The first-order valence-corrected chi connectivity index (χ1v) is 8.72. The van der Waals surface area contributed by atoms with E-state index >= 15 is 0 Å². The van der Waals surface area contributed by atoms with Crippen molar-refractivity contribution in [1.29, 1.82) is 0 Å². The zero-order valence-corrected chi connectivity index (χ0v) is 14.8. The largest absolute Gasteiger partial charge is 0.384 e. The molecule has 0 radical (unpaired) electrons. The van der Waals surface area contributed by atoms with Gasteiger partial charge in [-0.3, -0.25) is 4.90 Å². The Balaban J connectivity index is 1.46. The average molecular weight is 346 g/mol. The molecule has 0 amide bonds. The maximum Gasteiger partial charge on any atom is 0.144 e. The summed E-state index contributed by atoms with van der Waals surface area (Å²) in [6.07, 6.45) is 3.96. The van der Waals surface area contributed by atoms with E-state index in [9.17, 15) is 0 Å². The van der Waals surface area contributed by atoms with Crippen molar-refractivity contribution in [3.05, 3.63) is 52.9 Å². The van der Waals surface area contributed by atoms with Crippen LogP contribution in [0.3, 0.4) is 0 Å². The van der Waals surface area contributed by atoms with Crippen molar-refractivity contribution in [2.45, 2.75) is 25.4 Å². The first kappa shape index (κ1) is 17.1. The normalized spacial score (nSPS) is 18.4. The van der Waals surface area contributed by atoms with E-state index in [1.807, 2.05) is 12.1 Å². The fourth-order valence-corrected chi connectivity index (χ4v) is 3.28. The highest BCUT2D eigenvalue weighted by Crippen LogP contribution is 2.17. The molecule has 0 spiro atoms. The molecule has 1 aliphatic rings. The third kappa shape index (κ3) is 4.66. The SMILES string of the molecule is CN(Cc1nccc(N)n1)C1CCN(CCc2ccc(Cl)cc2)C1. The number of hydrogen-bond acceptors (Lipinski definition) is 5. The molecule has 1 aliphatic heterocycles. The Labute approximate surface area is 148 Å². The van der Waals surface area contributed by atoms with Gasteiger partial charge in [0.15, 0.2) is 0 Å². The van der Waals surface area contributed by atoms with Gasteiger partial charge < -0.3 is 10.6 Å². The van der Waals surface area contributed by atoms with Crippen LogP contribution < -0.4 is 5.73 Å². The van der Waals surface area contributed by atoms with Crippen LogP contribution in [0, 0.1) is 0 Å². The van der Waals surface area contributed by atoms with Crippen LogP contribution in [0.2, 0.25) is 5.02 Å². The van der Waals surface area contributed by atoms with Crippen LogP contribution in [0.4, 0.5) is 5.82 Å². The molecule has 0 saturated carbocycles. The van der Waals surface area contributed by atoms with Gasteiger partial charge in [-0.1, -0.05) is 23.7 Å². The van der Waals surface area contributed by atoms with E-state index in [1.54, 1.807) is 12.3 Å². The van der Waals surface area contributed by atoms with Gasteiger partial charge in [-0.25, -0.2) is 9.97 Å². The lowest BCUT2D eigenvalue weighted by molar-refractivity contribution is 0.221. The highest BCUT2D eigenvalue weighted by atomic mass is 35.5. The van der Waals surface area contributed by atoms with Gasteiger partial charge in [0.1, 0.15) is 11.6 Å². The van der Waals surface area contributed by atoms with Crippen molar-refractivity contribution in [3.63, 3.8) is 0 Å². The Morgan fingerprint density at radius 3 is 2.83 bits per heavy atom. The number of likely N-dealkylation sites (N-methyl/N-ethyl adjacent to an activating group) is 1. The molecule has 0 bridgehead atoms. The second-order valence-electron chi connectivity index (χ2n) is 6.43. The Bertz CT molecular complexity index is 661. The maximum absolute atomic E-state index is 5.94. The summed E-state index contributed by atoms with van der Waals surface area (Å²) in [5.41, 5.74) is 7.07. The van der Waals surface area contributed by atoms with E-state index in [2.05, 4.69) is 38.9 Å². The van der Waals surface area contributed by atoms with Gasteiger partial charge in [-0.2, -0.15) is 0 Å². The minimum absolute atomic E-state index is 0.532. The molecule has 2 N–H and O–H groups in total. The van der Waals surface area contributed by atoms with Crippen LogP contribution in [-0.4, -0.2) is 52.5 Å². The van der Waals surface area contributed by atoms with Crippen LogP contribution in [0.25, 0.3) is 0 Å². The number of hydrogen-bond donors (Lipinski definition) is 1. The molecule has 1 aromatic carbocycles. The van der Waals surface area contributed by atoms with Crippen molar-refractivity contribution in [2.24, 2.45) is 0 Å². The van der Waals surface area contributed by atoms with E-state index in [1.165, 1.54) is 12.0 Å². The van der Waals surface area contributed by atoms with Crippen molar-refractivity contribution in [3.8, 4) is 0 Å². The molecule has 5 nitrogen and oxygen atoms in total. The first-order valence-electron chi connectivity index (χ1n) is 8.34. The van der Waals surface area contributed by atoms with Gasteiger partial charge in [0.05, 0.1) is 6.54 Å². The molecule has 3 rings (SSSR count). The lowest BCUT2D eigenvalue weighted by Gasteiger charge is -2.24. The van der Waals surface area contributed by atoms with E-state index in [0.717, 1.165) is 43.4 Å². The average Bonchev–Trinajstić information content (AvgIpc) is 3.03. The van der Waals surface area contributed by atoms with Crippen molar-refractivity contribution < 1.29 is 0 Å². The molecule has 1 saturated heterocycles. The zero-order valence-electron chi connectivity index (χ0n) is 14.0. The summed E-state index contributed by atoms with van der Waals surface area (Å²) in [4.78, 5) is 13.4. The number of aromatic nitrogens is 2. The lowest BCUT2D eigenvalue weighted by Crippen LogP contribution is -2.35. The molecule has 128 valence electrons. The number of likely N-dealkylation sites (tertiary alicyclic amines) is 1. The van der Waals surface area contributed by atoms with Crippen LogP contribution >= 0.6 is 11.6 Å². The number of nitrogens with two attached hydrogens (primary N) is 1. The summed E-state index contributed by atoms with van der Waals surface area (Å²) in [7, 11) is 2.14. The first-order chi connectivity index (χ1) is 11.6. The molecule has 0 aliphatic carbocycles. The second-order valence-corrected chi connectivity index (χ2v) is 6.87. The second kappa shape index (κ2) is 7.92. The summed E-state index contributed by atoms with van der Waals surface area (Å²) in [5, 5.41) is 0.797. The van der Waals surface area contributed by atoms with Crippen molar-refractivity contribution >= 4 is 17.4 Å². The molecular formula is C18H24ClN5. The Hall–Kier alpha value is -1.69. The van der Waals surface area contributed by atoms with Crippen LogP contribution in [0.5, 0.6) is 0 Å². The van der Waals surface area contributed by atoms with Crippen LogP contribution in [-0.2, 0) is 13.0 Å². The molecule has 1 fully saturated rings. The summed E-state index contributed by atoms with van der Waals surface area (Å²) < 4.78 is 0. The lowest BCUT2D eigenvalue weighted by atomic mass is 10.1. The molecule has 1 atom stereocenters. The van der Waals surface area contributed by atoms with Crippen molar-refractivity contribution in [2.75, 3.05) is 32.4 Å². The Kier molecular flexibility index (Phi) is 5.66. The van der Waals surface area contributed by atoms with E-state index in [0.29, 0.717) is 11.9 Å². The third-order valence-electron chi connectivity index (χ3n) is 4.62. The van der Waals surface area contributed by atoms with Gasteiger partial charge in [-0.05, 0) is 50.2 Å². The Morgan fingerprint density at radius 2 is 2.08 bits per heavy atom. The monoisotopic (exact) mass is 345 g/mol. The molecule has 1 aromatic heterocycles. The summed E-state index contributed by atoms with van der Waals surface area (Å²) >= 11 is 5.94. The molecule has 6 heteroatoms. The standard InChI is InChI=1S/C18H24ClN5/c1-23(13-18-21-9-6-17(20)22-18)16-8-11-24(12-16)10-7-14-2-4-15(19)5-3-14/h2-6,9,16H,7-8,10-13H2,1H3,(H2,20,21,22). The van der Waals surface area contributed by atoms with Gasteiger partial charge >= 0.3 is 0 Å². The molecule has 2 aromatic rings. The fraction of sp³-hybridized carbons (Fsp3) is 0.444. The maximum atomic E-state index is 5.94. The fourth-order valence-electron chi connectivity index (χ4n) is 3.16. The van der Waals surface area contributed by atoms with Crippen LogP contribution in [0.1, 0.15) is 17.8 Å². The van der Waals surface area contributed by atoms with E-state index in [-0.39, 0.29) is 0 Å². The van der Waals surface area contributed by atoms with Crippen molar-refractivity contribution in [1.82, 2.24) is 19.8 Å². The smallest absolute Gasteiger partial charge is 0.144 e. The number of rotatable bonds is 6. The number of nitrogen functional groups attached to an aromatic ring is 1. The van der Waals surface area contributed by atoms with Gasteiger partial charge in [-0.15, -0.1) is 0 Å². The van der Waals surface area contributed by atoms with Crippen LogP contribution in [0.15, 0.2) is 36.5 Å². The molecule has 2 heterocycles. The number of nitrogens with zero attached hydrogens (tertiary/aromatic N) is 4. The van der Waals surface area contributed by atoms with Gasteiger partial charge in [0.2, 0.25) is 0 Å². The summed E-state index contributed by atoms with van der Waals surface area (Å²) in [5.74, 6) is 1.32. The minimum atomic E-state index is 0.532. The third-order valence-corrected chi connectivity index (χ3v) is 4.87. The van der Waals surface area contributed by atoms with Gasteiger partial charge in [0.25, 0.3) is 0 Å². The zero-order chi connectivity index (χ0) is 16.9. The quantitative estimate of drug-likeness (QED) is 0.871. The topological polar surface area (TPSA) is 58.3 Å². The highest BCUT2D eigenvalue weighted by Gasteiger charge is 2.25. The predicted octanol–water partition coefficient (Wildman–Crippen LogP) is 2.46. The molecular weight excluding hydrogens is 322 g/mol. The number of anilines is 1. The summed E-state index contributed by atoms with van der Waals surface area (Å²) in [6.45, 7) is 4.05. The number of benzene rings is 1. The number of halogens is 1. The van der Waals surface area contributed by atoms with E-state index in [4.69, 9.17) is 17.3 Å². The van der Waals surface area contributed by atoms with Gasteiger partial charge in [0, 0.05) is 30.4 Å².